The lowest BCUT2D eigenvalue weighted by molar-refractivity contribution is 0.271. The van der Waals surface area contributed by atoms with Gasteiger partial charge >= 0.3 is 0 Å². The van der Waals surface area contributed by atoms with Crippen LogP contribution in [0.15, 0.2) is 119 Å². The van der Waals surface area contributed by atoms with Crippen LogP contribution in [0, 0.1) is 11.8 Å². The molecule has 0 unspecified atom stereocenters. The SMILES string of the molecule is CCC1=C(C)C2=NC1=CC1=C(C)C3=C(O)CC(=C4NC(=CC5=NC(=C2)C(/C=C/CO)=C5C)[C@@H](C)[C@@H]4CCCO)C3=N1. The van der Waals surface area contributed by atoms with E-state index in [4.69, 9.17) is 15.0 Å². The second-order valence-electron chi connectivity index (χ2n) is 11.5. The quantitative estimate of drug-likeness (QED) is 0.326. The molecule has 1 fully saturated rings. The van der Waals surface area contributed by atoms with Crippen molar-refractivity contribution in [2.75, 3.05) is 13.2 Å². The van der Waals surface area contributed by atoms with E-state index in [0.29, 0.717) is 18.6 Å². The second-order valence-corrected chi connectivity index (χ2v) is 11.5. The molecule has 0 spiro atoms. The maximum absolute atomic E-state index is 11.2. The topological polar surface area (TPSA) is 110 Å². The largest absolute Gasteiger partial charge is 0.511 e. The van der Waals surface area contributed by atoms with Crippen LogP contribution in [0.5, 0.6) is 0 Å². The monoisotopic (exact) mass is 550 g/mol. The van der Waals surface area contributed by atoms with Crippen molar-refractivity contribution in [3.8, 4) is 0 Å². The summed E-state index contributed by atoms with van der Waals surface area (Å²) in [5.74, 6) is 0.683. The summed E-state index contributed by atoms with van der Waals surface area (Å²) in [4.78, 5) is 15.2. The average Bonchev–Trinajstić information content (AvgIpc) is 3.69. The van der Waals surface area contributed by atoms with Gasteiger partial charge in [-0.25, -0.2) is 15.0 Å². The number of aliphatic hydroxyl groups is 3. The van der Waals surface area contributed by atoms with E-state index in [9.17, 15) is 15.3 Å². The standard InChI is InChI=1S/C34H38N4O3/c1-6-21-17(2)26-15-30-22(9-7-11-39)18(3)25(36-30)14-27-19(4)23(10-8-12-40)33(37-27)24-13-31(41)32-20(5)28(38-34(24)32)16-29(21)35-26/h7,9,14-16,19,23,37,39-41H,6,8,10-13H2,1-5H3/b9-7+,27-14?,29-16?,30-15?,33-24?/t19-,23-/m0/s1. The fourth-order valence-corrected chi connectivity index (χ4v) is 6.82. The Morgan fingerprint density at radius 2 is 1.73 bits per heavy atom. The van der Waals surface area contributed by atoms with E-state index in [0.717, 1.165) is 91.9 Å². The summed E-state index contributed by atoms with van der Waals surface area (Å²) < 4.78 is 0. The summed E-state index contributed by atoms with van der Waals surface area (Å²) in [6.07, 6.45) is 12.7. The fraction of sp³-hybridized carbons (Fsp3) is 0.382. The first kappa shape index (κ1) is 27.4. The molecule has 0 aromatic heterocycles. The van der Waals surface area contributed by atoms with Crippen molar-refractivity contribution in [2.24, 2.45) is 26.8 Å². The molecule has 7 heteroatoms. The summed E-state index contributed by atoms with van der Waals surface area (Å²) in [6, 6.07) is 0. The highest BCUT2D eigenvalue weighted by atomic mass is 16.3. The van der Waals surface area contributed by atoms with Gasteiger partial charge in [0, 0.05) is 53.0 Å². The third kappa shape index (κ3) is 4.39. The van der Waals surface area contributed by atoms with Crippen LogP contribution in [-0.4, -0.2) is 45.7 Å². The molecule has 1 saturated heterocycles. The lowest BCUT2D eigenvalue weighted by Gasteiger charge is -2.17. The van der Waals surface area contributed by atoms with Gasteiger partial charge in [-0.15, -0.1) is 0 Å². The maximum atomic E-state index is 11.2. The maximum Gasteiger partial charge on any atom is 0.106 e. The van der Waals surface area contributed by atoms with Crippen molar-refractivity contribution in [2.45, 2.75) is 60.3 Å². The van der Waals surface area contributed by atoms with Crippen LogP contribution in [-0.2, 0) is 0 Å². The zero-order valence-electron chi connectivity index (χ0n) is 24.5. The number of hydrogen-bond donors (Lipinski definition) is 4. The van der Waals surface area contributed by atoms with Gasteiger partial charge in [-0.3, -0.25) is 0 Å². The Kier molecular flexibility index (Phi) is 7.04. The van der Waals surface area contributed by atoms with E-state index in [1.54, 1.807) is 6.08 Å². The molecule has 5 heterocycles. The van der Waals surface area contributed by atoms with E-state index >= 15 is 0 Å². The molecule has 6 aliphatic rings. The summed E-state index contributed by atoms with van der Waals surface area (Å²) in [6.45, 7) is 10.7. The number of aliphatic hydroxyl groups excluding tert-OH is 3. The van der Waals surface area contributed by atoms with Crippen LogP contribution in [0.1, 0.15) is 60.3 Å². The lowest BCUT2D eigenvalue weighted by atomic mass is 9.86. The summed E-state index contributed by atoms with van der Waals surface area (Å²) in [7, 11) is 0. The molecule has 0 radical (unpaired) electrons. The van der Waals surface area contributed by atoms with Gasteiger partial charge in [0.05, 0.1) is 40.8 Å². The Labute approximate surface area is 241 Å². The summed E-state index contributed by atoms with van der Waals surface area (Å²) in [5.41, 5.74) is 14.4. The molecule has 41 heavy (non-hydrogen) atoms. The average molecular weight is 551 g/mol. The molecule has 4 N–H and O–H groups in total. The zero-order chi connectivity index (χ0) is 29.0. The molecule has 6 rings (SSSR count). The van der Waals surface area contributed by atoms with Gasteiger partial charge in [-0.1, -0.05) is 26.0 Å². The van der Waals surface area contributed by atoms with E-state index in [-0.39, 0.29) is 25.0 Å². The lowest BCUT2D eigenvalue weighted by Crippen LogP contribution is -2.15. The van der Waals surface area contributed by atoms with Gasteiger partial charge in [0.15, 0.2) is 0 Å². The minimum Gasteiger partial charge on any atom is -0.511 e. The van der Waals surface area contributed by atoms with Crippen LogP contribution in [0.25, 0.3) is 0 Å². The highest BCUT2D eigenvalue weighted by Gasteiger charge is 2.41. The number of nitrogens with zero attached hydrogens (tertiary/aromatic N) is 3. The van der Waals surface area contributed by atoms with Crippen LogP contribution in [0.3, 0.4) is 0 Å². The van der Waals surface area contributed by atoms with Crippen molar-refractivity contribution < 1.29 is 15.3 Å². The third-order valence-corrected chi connectivity index (χ3v) is 9.16. The van der Waals surface area contributed by atoms with Crippen molar-refractivity contribution in [3.05, 3.63) is 104 Å². The molecule has 0 aromatic carbocycles. The van der Waals surface area contributed by atoms with Crippen LogP contribution in [0.2, 0.25) is 0 Å². The van der Waals surface area contributed by atoms with E-state index in [2.05, 4.69) is 45.2 Å². The van der Waals surface area contributed by atoms with Crippen molar-refractivity contribution in [1.29, 1.82) is 0 Å². The smallest absolute Gasteiger partial charge is 0.106 e. The fourth-order valence-electron chi connectivity index (χ4n) is 6.82. The van der Waals surface area contributed by atoms with Crippen LogP contribution < -0.4 is 5.32 Å². The molecule has 7 nitrogen and oxygen atoms in total. The molecular formula is C34H38N4O3. The Morgan fingerprint density at radius 1 is 0.976 bits per heavy atom. The molecule has 0 amide bonds. The number of allylic oxidation sites excluding steroid dienone is 12. The first-order valence-electron chi connectivity index (χ1n) is 14.6. The first-order chi connectivity index (χ1) is 19.8. The van der Waals surface area contributed by atoms with Gasteiger partial charge in [0.25, 0.3) is 0 Å². The van der Waals surface area contributed by atoms with E-state index in [1.165, 1.54) is 5.57 Å². The van der Waals surface area contributed by atoms with Gasteiger partial charge in [-0.05, 0) is 80.6 Å². The molecule has 212 valence electrons. The Balaban J connectivity index is 1.62. The normalized spacial score (nSPS) is 25.4. The van der Waals surface area contributed by atoms with Gasteiger partial charge in [-0.2, -0.15) is 0 Å². The molecule has 2 atom stereocenters. The molecule has 5 aliphatic heterocycles. The Morgan fingerprint density at radius 3 is 2.46 bits per heavy atom. The minimum atomic E-state index is -0.0467. The van der Waals surface area contributed by atoms with Crippen molar-refractivity contribution in [1.82, 2.24) is 5.32 Å². The number of aliphatic imine (C=N–C) groups is 3. The predicted molar refractivity (Wildman–Crippen MR) is 165 cm³/mol. The molecule has 1 aliphatic carbocycles. The highest BCUT2D eigenvalue weighted by molar-refractivity contribution is 6.21. The molecular weight excluding hydrogens is 512 g/mol. The minimum absolute atomic E-state index is 0.0467. The Bertz CT molecular complexity index is 1630. The molecule has 0 aromatic rings. The summed E-state index contributed by atoms with van der Waals surface area (Å²) in [5, 5.41) is 34.1. The second kappa shape index (κ2) is 10.5. The predicted octanol–water partition coefficient (Wildman–Crippen LogP) is 5.98. The van der Waals surface area contributed by atoms with Crippen LogP contribution >= 0.6 is 0 Å². The summed E-state index contributed by atoms with van der Waals surface area (Å²) >= 11 is 0. The first-order valence-corrected chi connectivity index (χ1v) is 14.6. The van der Waals surface area contributed by atoms with Crippen molar-refractivity contribution >= 4 is 17.1 Å². The molecule has 8 bridgehead atoms. The number of fused-ring (bicyclic) bond motifs is 5. The van der Waals surface area contributed by atoms with E-state index < -0.39 is 0 Å². The Hall–Kier alpha value is -3.81. The zero-order valence-corrected chi connectivity index (χ0v) is 24.5. The van der Waals surface area contributed by atoms with Gasteiger partial charge in [0.2, 0.25) is 0 Å². The van der Waals surface area contributed by atoms with Crippen molar-refractivity contribution in [3.63, 3.8) is 0 Å². The number of rotatable bonds is 6. The molecule has 0 saturated carbocycles. The van der Waals surface area contributed by atoms with Crippen LogP contribution in [0.4, 0.5) is 0 Å². The third-order valence-electron chi connectivity index (χ3n) is 9.16. The highest BCUT2D eigenvalue weighted by Crippen LogP contribution is 2.46. The number of hydrogen-bond acceptors (Lipinski definition) is 7. The van der Waals surface area contributed by atoms with Gasteiger partial charge in [0.1, 0.15) is 5.76 Å². The van der Waals surface area contributed by atoms with E-state index in [1.807, 2.05) is 19.1 Å². The number of nitrogens with one attached hydrogen (secondary N) is 1. The van der Waals surface area contributed by atoms with Gasteiger partial charge < -0.3 is 20.6 Å².